The molecule has 0 bridgehead atoms. The van der Waals surface area contributed by atoms with Crippen LogP contribution in [-0.4, -0.2) is 69.1 Å². The van der Waals surface area contributed by atoms with Crippen LogP contribution in [-0.2, 0) is 0 Å². The minimum Gasteiger partial charge on any atom is -0.340 e. The van der Waals surface area contributed by atoms with Crippen LogP contribution in [0.3, 0.4) is 0 Å². The van der Waals surface area contributed by atoms with Gasteiger partial charge in [0, 0.05) is 30.6 Å². The van der Waals surface area contributed by atoms with Crippen LogP contribution in [0.2, 0.25) is 0 Å². The van der Waals surface area contributed by atoms with Crippen LogP contribution in [0, 0.1) is 0 Å². The summed E-state index contributed by atoms with van der Waals surface area (Å²) < 4.78 is 1.57. The number of likely N-dealkylation sites (N-methyl/N-ethyl adjacent to an activating group) is 2. The molecule has 27 heavy (non-hydrogen) atoms. The summed E-state index contributed by atoms with van der Waals surface area (Å²) in [5.41, 5.74) is 2.39. The lowest BCUT2D eigenvalue weighted by atomic mass is 10.1. The highest BCUT2D eigenvalue weighted by Gasteiger charge is 2.16. The molecule has 2 aromatic heterocycles. The summed E-state index contributed by atoms with van der Waals surface area (Å²) in [5, 5.41) is 13.4. The Morgan fingerprint density at radius 2 is 2.00 bits per heavy atom. The number of thiophene rings is 1. The van der Waals surface area contributed by atoms with Crippen LogP contribution in [0.15, 0.2) is 42.0 Å². The van der Waals surface area contributed by atoms with Gasteiger partial charge in [0.2, 0.25) is 0 Å². The first kappa shape index (κ1) is 19.2. The number of aromatic nitrogens is 4. The zero-order valence-corrected chi connectivity index (χ0v) is 16.7. The summed E-state index contributed by atoms with van der Waals surface area (Å²) in [6.45, 7) is 7.78. The van der Waals surface area contributed by atoms with E-state index in [0.29, 0.717) is 12.1 Å². The first-order valence-corrected chi connectivity index (χ1v) is 9.90. The maximum absolute atomic E-state index is 13.0. The fraction of sp³-hybridized carbons (Fsp3) is 0.368. The lowest BCUT2D eigenvalue weighted by Gasteiger charge is -2.23. The Morgan fingerprint density at radius 3 is 2.63 bits per heavy atom. The summed E-state index contributed by atoms with van der Waals surface area (Å²) in [4.78, 5) is 18.2. The molecule has 0 fully saturated rings. The molecule has 0 aliphatic rings. The molecule has 0 saturated heterocycles. The molecule has 7 nitrogen and oxygen atoms in total. The van der Waals surface area contributed by atoms with Gasteiger partial charge in [0.1, 0.15) is 6.33 Å². The predicted octanol–water partition coefficient (Wildman–Crippen LogP) is 2.80. The van der Waals surface area contributed by atoms with Gasteiger partial charge in [-0.3, -0.25) is 4.79 Å². The van der Waals surface area contributed by atoms with Crippen LogP contribution in [0.5, 0.6) is 0 Å². The SMILES string of the molecule is CCN(CC)CCN(C)C(=O)c1cc(-c2cccs2)cc(-n2cnnn2)c1. The number of hydrogen-bond acceptors (Lipinski definition) is 6. The lowest BCUT2D eigenvalue weighted by molar-refractivity contribution is 0.0780. The van der Waals surface area contributed by atoms with E-state index in [4.69, 9.17) is 0 Å². The second kappa shape index (κ2) is 8.88. The molecular weight excluding hydrogens is 360 g/mol. The van der Waals surface area contributed by atoms with Crippen molar-refractivity contribution in [2.45, 2.75) is 13.8 Å². The van der Waals surface area contributed by atoms with Gasteiger partial charge in [-0.2, -0.15) is 0 Å². The van der Waals surface area contributed by atoms with Gasteiger partial charge in [-0.25, -0.2) is 4.68 Å². The first-order chi connectivity index (χ1) is 13.1. The van der Waals surface area contributed by atoms with Crippen molar-refractivity contribution in [2.24, 2.45) is 0 Å². The van der Waals surface area contributed by atoms with Gasteiger partial charge in [0.05, 0.1) is 5.69 Å². The molecule has 0 aliphatic carbocycles. The number of nitrogens with zero attached hydrogens (tertiary/aromatic N) is 6. The summed E-state index contributed by atoms with van der Waals surface area (Å²) >= 11 is 1.64. The van der Waals surface area contributed by atoms with E-state index in [0.717, 1.165) is 35.8 Å². The summed E-state index contributed by atoms with van der Waals surface area (Å²) in [6, 6.07) is 9.82. The van der Waals surface area contributed by atoms with Gasteiger partial charge in [-0.1, -0.05) is 19.9 Å². The number of amides is 1. The minimum absolute atomic E-state index is 0.00473. The van der Waals surface area contributed by atoms with E-state index in [1.807, 2.05) is 42.8 Å². The summed E-state index contributed by atoms with van der Waals surface area (Å²) in [7, 11) is 1.85. The molecule has 0 aliphatic heterocycles. The second-order valence-electron chi connectivity index (χ2n) is 6.25. The van der Waals surface area contributed by atoms with Crippen LogP contribution in [0.25, 0.3) is 16.1 Å². The van der Waals surface area contributed by atoms with Crippen LogP contribution in [0.4, 0.5) is 0 Å². The largest absolute Gasteiger partial charge is 0.340 e. The maximum atomic E-state index is 13.0. The van der Waals surface area contributed by atoms with Crippen molar-refractivity contribution in [1.29, 1.82) is 0 Å². The first-order valence-electron chi connectivity index (χ1n) is 9.02. The Bertz CT molecular complexity index is 806. The molecule has 3 aromatic rings. The Balaban J connectivity index is 1.88. The van der Waals surface area contributed by atoms with E-state index < -0.39 is 0 Å². The van der Waals surface area contributed by atoms with Crippen molar-refractivity contribution < 1.29 is 4.79 Å². The zero-order valence-electron chi connectivity index (χ0n) is 15.9. The van der Waals surface area contributed by atoms with Gasteiger partial charge in [-0.05, 0) is 58.7 Å². The predicted molar refractivity (Wildman–Crippen MR) is 107 cm³/mol. The van der Waals surface area contributed by atoms with Crippen molar-refractivity contribution in [2.75, 3.05) is 33.2 Å². The van der Waals surface area contributed by atoms with Gasteiger partial charge in [0.15, 0.2) is 0 Å². The molecule has 142 valence electrons. The van der Waals surface area contributed by atoms with Crippen molar-refractivity contribution in [3.05, 3.63) is 47.6 Å². The Hall–Kier alpha value is -2.58. The van der Waals surface area contributed by atoms with Gasteiger partial charge in [-0.15, -0.1) is 16.4 Å². The number of carbonyl (C=O) groups is 1. The second-order valence-corrected chi connectivity index (χ2v) is 7.20. The molecule has 1 aromatic carbocycles. The third kappa shape index (κ3) is 4.58. The van der Waals surface area contributed by atoms with Crippen molar-refractivity contribution >= 4 is 17.2 Å². The number of carbonyl (C=O) groups excluding carboxylic acids is 1. The molecule has 3 rings (SSSR count). The molecule has 0 spiro atoms. The standard InChI is InChI=1S/C19H24N6OS/c1-4-24(5-2)9-8-23(3)19(26)16-11-15(18-7-6-10-27-18)12-17(13-16)25-14-20-21-22-25/h6-7,10-14H,4-5,8-9H2,1-3H3. The molecule has 0 saturated carbocycles. The highest BCUT2D eigenvalue weighted by molar-refractivity contribution is 7.13. The molecular formula is C19H24N6OS. The maximum Gasteiger partial charge on any atom is 0.253 e. The molecule has 0 atom stereocenters. The number of hydrogen-bond donors (Lipinski definition) is 0. The molecule has 2 heterocycles. The topological polar surface area (TPSA) is 67.2 Å². The third-order valence-electron chi connectivity index (χ3n) is 4.58. The van der Waals surface area contributed by atoms with E-state index in [-0.39, 0.29) is 5.91 Å². The van der Waals surface area contributed by atoms with E-state index in [2.05, 4.69) is 34.3 Å². The zero-order chi connectivity index (χ0) is 19.2. The van der Waals surface area contributed by atoms with Crippen molar-refractivity contribution in [1.82, 2.24) is 30.0 Å². The quantitative estimate of drug-likeness (QED) is 0.597. The molecule has 0 unspecified atom stereocenters. The smallest absolute Gasteiger partial charge is 0.253 e. The van der Waals surface area contributed by atoms with Gasteiger partial charge >= 0.3 is 0 Å². The average Bonchev–Trinajstić information content (AvgIpc) is 3.41. The van der Waals surface area contributed by atoms with Crippen molar-refractivity contribution in [3.8, 4) is 16.1 Å². The summed E-state index contributed by atoms with van der Waals surface area (Å²) in [6.07, 6.45) is 1.53. The van der Waals surface area contributed by atoms with E-state index in [9.17, 15) is 4.79 Å². The Morgan fingerprint density at radius 1 is 1.19 bits per heavy atom. The van der Waals surface area contributed by atoms with Crippen LogP contribution < -0.4 is 0 Å². The Labute approximate surface area is 163 Å². The van der Waals surface area contributed by atoms with E-state index >= 15 is 0 Å². The highest BCUT2D eigenvalue weighted by Crippen LogP contribution is 2.28. The minimum atomic E-state index is -0.00473. The molecule has 1 amide bonds. The van der Waals surface area contributed by atoms with E-state index in [1.165, 1.54) is 6.33 Å². The van der Waals surface area contributed by atoms with E-state index in [1.54, 1.807) is 20.9 Å². The van der Waals surface area contributed by atoms with Gasteiger partial charge in [0.25, 0.3) is 5.91 Å². The normalized spacial score (nSPS) is 11.1. The van der Waals surface area contributed by atoms with Crippen molar-refractivity contribution in [3.63, 3.8) is 0 Å². The number of benzene rings is 1. The molecule has 0 N–H and O–H groups in total. The molecule has 0 radical (unpaired) electrons. The molecule has 8 heteroatoms. The van der Waals surface area contributed by atoms with Crippen LogP contribution in [0.1, 0.15) is 24.2 Å². The summed E-state index contributed by atoms with van der Waals surface area (Å²) in [5.74, 6) is -0.00473. The monoisotopic (exact) mass is 384 g/mol. The number of rotatable bonds is 8. The third-order valence-corrected chi connectivity index (χ3v) is 5.50. The fourth-order valence-electron chi connectivity index (χ4n) is 2.88. The Kier molecular flexibility index (Phi) is 6.31. The average molecular weight is 385 g/mol. The van der Waals surface area contributed by atoms with Gasteiger partial charge < -0.3 is 9.80 Å². The van der Waals surface area contributed by atoms with Crippen LogP contribution >= 0.6 is 11.3 Å². The fourth-order valence-corrected chi connectivity index (χ4v) is 3.60. The number of tetrazole rings is 1. The highest BCUT2D eigenvalue weighted by atomic mass is 32.1. The lowest BCUT2D eigenvalue weighted by Crippen LogP contribution is -2.36.